The number of hydrogen-bond donors (Lipinski definition) is 0. The van der Waals surface area contributed by atoms with E-state index in [4.69, 9.17) is 0 Å². The molecule has 5 aliphatic rings. The van der Waals surface area contributed by atoms with Crippen molar-refractivity contribution in [3.05, 3.63) is 0 Å². The summed E-state index contributed by atoms with van der Waals surface area (Å²) in [7, 11) is 0. The van der Waals surface area contributed by atoms with Crippen LogP contribution in [-0.2, 0) is 0 Å². The van der Waals surface area contributed by atoms with Crippen molar-refractivity contribution in [2.75, 3.05) is 0 Å². The lowest BCUT2D eigenvalue weighted by atomic mass is 9.34. The summed E-state index contributed by atoms with van der Waals surface area (Å²) in [5.74, 6) is 6.31. The van der Waals surface area contributed by atoms with Crippen molar-refractivity contribution in [2.45, 2.75) is 119 Å². The van der Waals surface area contributed by atoms with Gasteiger partial charge in [-0.2, -0.15) is 0 Å². The number of fused-ring (bicyclic) bond motifs is 7. The normalized spacial score (nSPS) is 56.7. The van der Waals surface area contributed by atoms with Crippen LogP contribution in [0.2, 0.25) is 0 Å². The molecule has 5 fully saturated rings. The molecule has 5 rings (SSSR count). The van der Waals surface area contributed by atoms with E-state index in [1.54, 1.807) is 57.8 Å². The van der Waals surface area contributed by atoms with E-state index in [1.807, 2.05) is 13.8 Å². The lowest BCUT2D eigenvalue weighted by Gasteiger charge is -2.70. The molecule has 0 heteroatoms. The summed E-state index contributed by atoms with van der Waals surface area (Å²) in [5, 5.41) is 0. The second kappa shape index (κ2) is 7.05. The molecule has 27 heavy (non-hydrogen) atoms. The molecule has 0 saturated heterocycles. The molecule has 0 spiro atoms. The maximum atomic E-state index is 2.79. The minimum Gasteiger partial charge on any atom is -0.0683 e. The molecule has 0 nitrogen and oxygen atoms in total. The molecule has 5 saturated carbocycles. The standard InChI is InChI=1S/C25H42.C2H6/c1-17-7-6-14-23(2)20(17)13-16-25(4)22(23)11-10-21-19-9-5-8-18(19)12-15-24(21,25)3;1-2/h17-22H,5-16H2,1-4H3;1-2H3. The Kier molecular flexibility index (Phi) is 5.30. The third-order valence-electron chi connectivity index (χ3n) is 11.6. The van der Waals surface area contributed by atoms with E-state index in [0.717, 1.165) is 35.5 Å². The molecule has 9 unspecified atom stereocenters. The van der Waals surface area contributed by atoms with Crippen molar-refractivity contribution in [3.8, 4) is 0 Å². The van der Waals surface area contributed by atoms with Gasteiger partial charge in [-0.1, -0.05) is 67.2 Å². The minimum atomic E-state index is 0.631. The fourth-order valence-electron chi connectivity index (χ4n) is 10.3. The van der Waals surface area contributed by atoms with Crippen molar-refractivity contribution in [3.63, 3.8) is 0 Å². The SMILES string of the molecule is CC.CC1CCCC2(C)C1CCC1(C)C2CCC2C3CCCC3CCC21C. The van der Waals surface area contributed by atoms with E-state index in [9.17, 15) is 0 Å². The first kappa shape index (κ1) is 20.3. The van der Waals surface area contributed by atoms with Gasteiger partial charge in [0.15, 0.2) is 0 Å². The van der Waals surface area contributed by atoms with Crippen LogP contribution in [0.5, 0.6) is 0 Å². The smallest absolute Gasteiger partial charge is 0.0235 e. The summed E-state index contributed by atoms with van der Waals surface area (Å²) in [6.45, 7) is 14.9. The zero-order chi connectivity index (χ0) is 19.4. The van der Waals surface area contributed by atoms with Crippen LogP contribution in [0, 0.1) is 51.8 Å². The van der Waals surface area contributed by atoms with Crippen molar-refractivity contribution >= 4 is 0 Å². The fourth-order valence-corrected chi connectivity index (χ4v) is 10.3. The Morgan fingerprint density at radius 1 is 0.630 bits per heavy atom. The van der Waals surface area contributed by atoms with Gasteiger partial charge in [-0.25, -0.2) is 0 Å². The highest BCUT2D eigenvalue weighted by molar-refractivity contribution is 5.15. The zero-order valence-corrected chi connectivity index (χ0v) is 19.4. The molecule has 5 aliphatic carbocycles. The third kappa shape index (κ3) is 2.66. The quantitative estimate of drug-likeness (QED) is 0.400. The molecule has 0 aromatic rings. The van der Waals surface area contributed by atoms with Crippen molar-refractivity contribution in [1.29, 1.82) is 0 Å². The molecular weight excluding hydrogens is 324 g/mol. The van der Waals surface area contributed by atoms with Crippen LogP contribution >= 0.6 is 0 Å². The molecule has 0 bridgehead atoms. The van der Waals surface area contributed by atoms with Gasteiger partial charge in [-0.05, 0) is 103 Å². The Hall–Kier alpha value is 0. The molecule has 9 atom stereocenters. The average Bonchev–Trinajstić information content (AvgIpc) is 3.12. The topological polar surface area (TPSA) is 0 Å². The average molecular weight is 373 g/mol. The Labute approximate surface area is 170 Å². The van der Waals surface area contributed by atoms with Gasteiger partial charge in [-0.3, -0.25) is 0 Å². The first-order chi connectivity index (χ1) is 12.9. The molecule has 156 valence electrons. The largest absolute Gasteiger partial charge is 0.0683 e. The monoisotopic (exact) mass is 372 g/mol. The zero-order valence-electron chi connectivity index (χ0n) is 19.4. The minimum absolute atomic E-state index is 0.631. The van der Waals surface area contributed by atoms with Crippen LogP contribution in [0.15, 0.2) is 0 Å². The van der Waals surface area contributed by atoms with Crippen LogP contribution in [0.4, 0.5) is 0 Å². The molecule has 0 aromatic heterocycles. The van der Waals surface area contributed by atoms with E-state index in [1.165, 1.54) is 19.3 Å². The Bertz CT molecular complexity index is 536. The molecular formula is C27H48. The van der Waals surface area contributed by atoms with Gasteiger partial charge in [0.2, 0.25) is 0 Å². The Morgan fingerprint density at radius 2 is 1.37 bits per heavy atom. The van der Waals surface area contributed by atoms with Gasteiger partial charge < -0.3 is 0 Å². The summed E-state index contributed by atoms with van der Waals surface area (Å²) < 4.78 is 0. The van der Waals surface area contributed by atoms with Gasteiger partial charge in [0.1, 0.15) is 0 Å². The van der Waals surface area contributed by atoms with E-state index >= 15 is 0 Å². The van der Waals surface area contributed by atoms with E-state index < -0.39 is 0 Å². The molecule has 0 heterocycles. The lowest BCUT2D eigenvalue weighted by molar-refractivity contribution is -0.216. The van der Waals surface area contributed by atoms with Gasteiger partial charge >= 0.3 is 0 Å². The molecule has 0 radical (unpaired) electrons. The maximum Gasteiger partial charge on any atom is -0.0235 e. The lowest BCUT2D eigenvalue weighted by Crippen LogP contribution is -2.63. The molecule has 0 aliphatic heterocycles. The van der Waals surface area contributed by atoms with E-state index in [-0.39, 0.29) is 0 Å². The Morgan fingerprint density at radius 3 is 2.15 bits per heavy atom. The highest BCUT2D eigenvalue weighted by Gasteiger charge is 2.66. The number of rotatable bonds is 0. The van der Waals surface area contributed by atoms with Crippen LogP contribution in [0.25, 0.3) is 0 Å². The second-order valence-electron chi connectivity index (χ2n) is 12.0. The van der Waals surface area contributed by atoms with Gasteiger partial charge in [0.25, 0.3) is 0 Å². The van der Waals surface area contributed by atoms with Crippen molar-refractivity contribution in [2.24, 2.45) is 51.8 Å². The van der Waals surface area contributed by atoms with Crippen LogP contribution in [0.1, 0.15) is 119 Å². The predicted molar refractivity (Wildman–Crippen MR) is 118 cm³/mol. The van der Waals surface area contributed by atoms with E-state index in [0.29, 0.717) is 16.2 Å². The number of hydrogen-bond acceptors (Lipinski definition) is 0. The third-order valence-corrected chi connectivity index (χ3v) is 11.6. The highest BCUT2D eigenvalue weighted by atomic mass is 14.7. The van der Waals surface area contributed by atoms with Crippen LogP contribution in [-0.4, -0.2) is 0 Å². The van der Waals surface area contributed by atoms with Crippen molar-refractivity contribution in [1.82, 2.24) is 0 Å². The van der Waals surface area contributed by atoms with E-state index in [2.05, 4.69) is 27.7 Å². The fraction of sp³-hybridized carbons (Fsp3) is 1.00. The van der Waals surface area contributed by atoms with Gasteiger partial charge in [0, 0.05) is 0 Å². The highest BCUT2D eigenvalue weighted by Crippen LogP contribution is 2.74. The molecule has 0 N–H and O–H groups in total. The Balaban J connectivity index is 0.000000872. The summed E-state index contributed by atoms with van der Waals surface area (Å²) in [6, 6.07) is 0. The second-order valence-corrected chi connectivity index (χ2v) is 12.0. The summed E-state index contributed by atoms with van der Waals surface area (Å²) in [4.78, 5) is 0. The van der Waals surface area contributed by atoms with Gasteiger partial charge in [0.05, 0.1) is 0 Å². The molecule has 0 amide bonds. The van der Waals surface area contributed by atoms with Crippen LogP contribution in [0.3, 0.4) is 0 Å². The summed E-state index contributed by atoms with van der Waals surface area (Å²) in [5.41, 5.74) is 1.94. The molecule has 0 aromatic carbocycles. The first-order valence-electron chi connectivity index (χ1n) is 12.9. The summed E-state index contributed by atoms with van der Waals surface area (Å²) in [6.07, 6.45) is 18.6. The van der Waals surface area contributed by atoms with Crippen LogP contribution < -0.4 is 0 Å². The van der Waals surface area contributed by atoms with Crippen molar-refractivity contribution < 1.29 is 0 Å². The first-order valence-corrected chi connectivity index (χ1v) is 12.9. The van der Waals surface area contributed by atoms with Gasteiger partial charge in [-0.15, -0.1) is 0 Å². The maximum absolute atomic E-state index is 2.79. The summed E-state index contributed by atoms with van der Waals surface area (Å²) >= 11 is 0. The predicted octanol–water partition coefficient (Wildman–Crippen LogP) is 8.50.